The predicted molar refractivity (Wildman–Crippen MR) is 117 cm³/mol. The van der Waals surface area contributed by atoms with Gasteiger partial charge in [-0.1, -0.05) is 11.8 Å². The summed E-state index contributed by atoms with van der Waals surface area (Å²) in [5.74, 6) is 1.04. The van der Waals surface area contributed by atoms with Crippen molar-refractivity contribution in [3.8, 4) is 6.07 Å². The molecule has 4 rings (SSSR count). The van der Waals surface area contributed by atoms with Crippen molar-refractivity contribution in [2.75, 3.05) is 37.4 Å². The smallest absolute Gasteiger partial charge is 0.235 e. The van der Waals surface area contributed by atoms with Crippen molar-refractivity contribution in [2.24, 2.45) is 0 Å². The standard InChI is InChI=1S/C20H26N6O2S2/c1-2-26-17(12-25-7-9-28-10-8-25)23-24-20(26)29-13-18(27)22-19-15(11-21)14-5-3-4-6-16(14)30-19/h2-10,12-13H2,1H3,(H,22,27). The molecule has 0 saturated carbocycles. The van der Waals surface area contributed by atoms with Crippen molar-refractivity contribution in [3.63, 3.8) is 0 Å². The number of thioether (sulfide) groups is 1. The number of nitrogens with one attached hydrogen (secondary N) is 1. The SMILES string of the molecule is CCn1c(CN2CCOCC2)nnc1SCC(=O)Nc1sc2c(c1C#N)CCCC2. The van der Waals surface area contributed by atoms with E-state index in [1.807, 2.05) is 0 Å². The van der Waals surface area contributed by atoms with Crippen LogP contribution < -0.4 is 5.32 Å². The molecule has 0 radical (unpaired) electrons. The van der Waals surface area contributed by atoms with E-state index in [1.54, 1.807) is 11.3 Å². The number of hydrogen-bond acceptors (Lipinski definition) is 8. The number of morpholine rings is 1. The van der Waals surface area contributed by atoms with Crippen LogP contribution >= 0.6 is 23.1 Å². The van der Waals surface area contributed by atoms with Gasteiger partial charge in [0.1, 0.15) is 16.9 Å². The Morgan fingerprint density at radius 3 is 2.87 bits per heavy atom. The highest BCUT2D eigenvalue weighted by Gasteiger charge is 2.22. The number of carbonyl (C=O) groups excluding carboxylic acids is 1. The molecule has 1 aliphatic carbocycles. The van der Waals surface area contributed by atoms with Gasteiger partial charge < -0.3 is 14.6 Å². The number of fused-ring (bicyclic) bond motifs is 1. The number of nitriles is 1. The minimum atomic E-state index is -0.115. The lowest BCUT2D eigenvalue weighted by molar-refractivity contribution is -0.113. The van der Waals surface area contributed by atoms with E-state index in [0.29, 0.717) is 10.6 Å². The molecular formula is C20H26N6O2S2. The van der Waals surface area contributed by atoms with Gasteiger partial charge in [0, 0.05) is 24.5 Å². The summed E-state index contributed by atoms with van der Waals surface area (Å²) in [4.78, 5) is 16.1. The van der Waals surface area contributed by atoms with Crippen LogP contribution in [0.25, 0.3) is 0 Å². The second-order valence-corrected chi connectivity index (χ2v) is 9.44. The van der Waals surface area contributed by atoms with Crippen LogP contribution in [0.3, 0.4) is 0 Å². The van der Waals surface area contributed by atoms with Crippen molar-refractivity contribution in [1.29, 1.82) is 5.26 Å². The predicted octanol–water partition coefficient (Wildman–Crippen LogP) is 2.67. The number of thiophene rings is 1. The summed E-state index contributed by atoms with van der Waals surface area (Å²) >= 11 is 2.94. The first-order chi connectivity index (χ1) is 14.7. The molecule has 2 aromatic heterocycles. The Labute approximate surface area is 184 Å². The van der Waals surface area contributed by atoms with Crippen molar-refractivity contribution in [2.45, 2.75) is 50.9 Å². The van der Waals surface area contributed by atoms with Crippen LogP contribution in [0.5, 0.6) is 0 Å². The van der Waals surface area contributed by atoms with Gasteiger partial charge in [0.2, 0.25) is 5.91 Å². The number of ether oxygens (including phenoxy) is 1. The largest absolute Gasteiger partial charge is 0.379 e. The summed E-state index contributed by atoms with van der Waals surface area (Å²) in [5.41, 5.74) is 1.78. The van der Waals surface area contributed by atoms with Crippen molar-refractivity contribution in [3.05, 3.63) is 21.8 Å². The number of carbonyl (C=O) groups is 1. The molecule has 30 heavy (non-hydrogen) atoms. The first-order valence-corrected chi connectivity index (χ1v) is 12.2. The first-order valence-electron chi connectivity index (χ1n) is 10.4. The molecule has 1 N–H and O–H groups in total. The van der Waals surface area contributed by atoms with E-state index in [2.05, 4.69) is 38.0 Å². The van der Waals surface area contributed by atoms with Gasteiger partial charge in [-0.05, 0) is 38.2 Å². The van der Waals surface area contributed by atoms with Gasteiger partial charge >= 0.3 is 0 Å². The van der Waals surface area contributed by atoms with E-state index in [9.17, 15) is 10.1 Å². The number of nitrogens with zero attached hydrogens (tertiary/aromatic N) is 5. The molecule has 0 aromatic carbocycles. The normalized spacial score (nSPS) is 16.8. The lowest BCUT2D eigenvalue weighted by Crippen LogP contribution is -2.36. The van der Waals surface area contributed by atoms with E-state index in [-0.39, 0.29) is 11.7 Å². The highest BCUT2D eigenvalue weighted by Crippen LogP contribution is 2.37. The summed E-state index contributed by atoms with van der Waals surface area (Å²) in [5, 5.41) is 22.6. The quantitative estimate of drug-likeness (QED) is 0.653. The highest BCUT2D eigenvalue weighted by atomic mass is 32.2. The molecule has 0 spiro atoms. The average Bonchev–Trinajstić information content (AvgIpc) is 3.32. The number of rotatable bonds is 7. The Hall–Kier alpha value is -1.93. The van der Waals surface area contributed by atoms with Crippen molar-refractivity contribution >= 4 is 34.0 Å². The Balaban J connectivity index is 1.37. The molecule has 1 saturated heterocycles. The molecule has 0 unspecified atom stereocenters. The average molecular weight is 447 g/mol. The molecule has 10 heteroatoms. The summed E-state index contributed by atoms with van der Waals surface area (Å²) in [6, 6.07) is 2.29. The van der Waals surface area contributed by atoms with E-state index in [0.717, 1.165) is 81.6 Å². The summed E-state index contributed by atoms with van der Waals surface area (Å²) in [7, 11) is 0. The van der Waals surface area contributed by atoms with Crippen LogP contribution in [0, 0.1) is 11.3 Å². The van der Waals surface area contributed by atoms with Crippen LogP contribution in [0.15, 0.2) is 5.16 Å². The van der Waals surface area contributed by atoms with E-state index in [1.165, 1.54) is 16.6 Å². The lowest BCUT2D eigenvalue weighted by Gasteiger charge is -2.26. The van der Waals surface area contributed by atoms with Crippen LogP contribution in [0.2, 0.25) is 0 Å². The zero-order valence-electron chi connectivity index (χ0n) is 17.1. The Morgan fingerprint density at radius 2 is 2.10 bits per heavy atom. The minimum Gasteiger partial charge on any atom is -0.379 e. The lowest BCUT2D eigenvalue weighted by atomic mass is 9.96. The molecule has 1 amide bonds. The van der Waals surface area contributed by atoms with Crippen molar-refractivity contribution < 1.29 is 9.53 Å². The third-order valence-corrected chi connectivity index (χ3v) is 7.62. The fourth-order valence-electron chi connectivity index (χ4n) is 3.88. The molecule has 160 valence electrons. The molecular weight excluding hydrogens is 420 g/mol. The van der Waals surface area contributed by atoms with Crippen LogP contribution in [-0.2, 0) is 35.5 Å². The second kappa shape index (κ2) is 9.92. The summed E-state index contributed by atoms with van der Waals surface area (Å²) in [6.07, 6.45) is 4.21. The fourth-order valence-corrected chi connectivity index (χ4v) is 5.96. The molecule has 3 heterocycles. The van der Waals surface area contributed by atoms with Gasteiger partial charge in [0.15, 0.2) is 5.16 Å². The Bertz CT molecular complexity index is 942. The Kier molecular flexibility index (Phi) is 7.04. The maximum Gasteiger partial charge on any atom is 0.235 e. The molecule has 1 aliphatic heterocycles. The van der Waals surface area contributed by atoms with E-state index < -0.39 is 0 Å². The second-order valence-electron chi connectivity index (χ2n) is 7.40. The zero-order chi connectivity index (χ0) is 20.9. The highest BCUT2D eigenvalue weighted by molar-refractivity contribution is 7.99. The Morgan fingerprint density at radius 1 is 1.30 bits per heavy atom. The van der Waals surface area contributed by atoms with Gasteiger partial charge in [-0.15, -0.1) is 21.5 Å². The number of aromatic nitrogens is 3. The third kappa shape index (κ3) is 4.70. The molecule has 0 bridgehead atoms. The molecule has 2 aliphatic rings. The van der Waals surface area contributed by atoms with E-state index >= 15 is 0 Å². The summed E-state index contributed by atoms with van der Waals surface area (Å²) in [6.45, 7) is 6.85. The van der Waals surface area contributed by atoms with E-state index in [4.69, 9.17) is 4.74 Å². The van der Waals surface area contributed by atoms with Crippen LogP contribution in [-0.4, -0.2) is 57.6 Å². The number of amides is 1. The maximum atomic E-state index is 12.6. The van der Waals surface area contributed by atoms with Crippen molar-refractivity contribution in [1.82, 2.24) is 19.7 Å². The first kappa shape index (κ1) is 21.3. The number of hydrogen-bond donors (Lipinski definition) is 1. The monoisotopic (exact) mass is 446 g/mol. The summed E-state index contributed by atoms with van der Waals surface area (Å²) < 4.78 is 7.47. The number of anilines is 1. The minimum absolute atomic E-state index is 0.115. The zero-order valence-corrected chi connectivity index (χ0v) is 18.8. The molecule has 1 fully saturated rings. The molecule has 8 nitrogen and oxygen atoms in total. The van der Waals surface area contributed by atoms with Gasteiger partial charge in [0.25, 0.3) is 0 Å². The molecule has 0 atom stereocenters. The van der Waals surface area contributed by atoms with Gasteiger partial charge in [-0.3, -0.25) is 9.69 Å². The van der Waals surface area contributed by atoms with Crippen LogP contribution in [0.1, 0.15) is 41.6 Å². The van der Waals surface area contributed by atoms with Crippen LogP contribution in [0.4, 0.5) is 5.00 Å². The molecule has 2 aromatic rings. The van der Waals surface area contributed by atoms with Gasteiger partial charge in [-0.25, -0.2) is 0 Å². The van der Waals surface area contributed by atoms with Gasteiger partial charge in [-0.2, -0.15) is 5.26 Å². The third-order valence-electron chi connectivity index (χ3n) is 5.45. The van der Waals surface area contributed by atoms with Gasteiger partial charge in [0.05, 0.1) is 31.1 Å². The topological polar surface area (TPSA) is 96.1 Å². The maximum absolute atomic E-state index is 12.6. The number of aryl methyl sites for hydroxylation is 1. The fraction of sp³-hybridized carbons (Fsp3) is 0.600.